The highest BCUT2D eigenvalue weighted by Gasteiger charge is 2.33. The van der Waals surface area contributed by atoms with E-state index >= 15 is 0 Å². The van der Waals surface area contributed by atoms with Gasteiger partial charge in [0, 0.05) is 32.7 Å². The fourth-order valence-electron chi connectivity index (χ4n) is 2.71. The molecule has 0 saturated carbocycles. The van der Waals surface area contributed by atoms with Crippen LogP contribution in [0.4, 0.5) is 4.79 Å². The Balaban J connectivity index is 2.65. The van der Waals surface area contributed by atoms with E-state index in [0.29, 0.717) is 25.0 Å². The number of methoxy groups -OCH3 is 1. The SMILES string of the molecule is COCCC(NC(=O)N1CC(C)CC(C)C1C)C(=O)O. The molecule has 0 aromatic heterocycles. The van der Waals surface area contributed by atoms with Gasteiger partial charge in [-0.15, -0.1) is 0 Å². The predicted molar refractivity (Wildman–Crippen MR) is 75.6 cm³/mol. The summed E-state index contributed by atoms with van der Waals surface area (Å²) in [4.78, 5) is 25.2. The minimum Gasteiger partial charge on any atom is -0.480 e. The van der Waals surface area contributed by atoms with Gasteiger partial charge >= 0.3 is 12.0 Å². The van der Waals surface area contributed by atoms with E-state index in [1.54, 1.807) is 4.90 Å². The quantitative estimate of drug-likeness (QED) is 0.803. The molecule has 0 aliphatic carbocycles. The molecule has 1 aliphatic rings. The van der Waals surface area contributed by atoms with Crippen LogP contribution in [0.25, 0.3) is 0 Å². The first kappa shape index (κ1) is 16.8. The van der Waals surface area contributed by atoms with Gasteiger partial charge in [0.15, 0.2) is 0 Å². The standard InChI is InChI=1S/C14H26N2O4/c1-9-7-10(2)11(3)16(8-9)14(19)15-12(13(17)18)5-6-20-4/h9-12H,5-8H2,1-4H3,(H,15,19)(H,17,18). The molecule has 0 bridgehead atoms. The number of aliphatic carboxylic acids is 1. The third-order valence-electron chi connectivity index (χ3n) is 4.06. The Kier molecular flexibility index (Phi) is 6.26. The zero-order valence-electron chi connectivity index (χ0n) is 12.8. The number of urea groups is 1. The number of ether oxygens (including phenoxy) is 1. The number of nitrogens with one attached hydrogen (secondary N) is 1. The second-order valence-electron chi connectivity index (χ2n) is 5.83. The van der Waals surface area contributed by atoms with Gasteiger partial charge in [-0.05, 0) is 25.2 Å². The summed E-state index contributed by atoms with van der Waals surface area (Å²) < 4.78 is 4.88. The van der Waals surface area contributed by atoms with Gasteiger partial charge in [-0.3, -0.25) is 0 Å². The number of carbonyl (C=O) groups excluding carboxylic acids is 1. The van der Waals surface area contributed by atoms with Crippen molar-refractivity contribution >= 4 is 12.0 Å². The number of carboxylic acid groups (broad SMARTS) is 1. The van der Waals surface area contributed by atoms with Crippen LogP contribution in [0.5, 0.6) is 0 Å². The Morgan fingerprint density at radius 3 is 2.60 bits per heavy atom. The van der Waals surface area contributed by atoms with Crippen LogP contribution >= 0.6 is 0 Å². The van der Waals surface area contributed by atoms with Crippen LogP contribution in [0.2, 0.25) is 0 Å². The maximum Gasteiger partial charge on any atom is 0.326 e. The third-order valence-corrected chi connectivity index (χ3v) is 4.06. The van der Waals surface area contributed by atoms with Crippen molar-refractivity contribution in [2.24, 2.45) is 11.8 Å². The average molecular weight is 286 g/mol. The monoisotopic (exact) mass is 286 g/mol. The van der Waals surface area contributed by atoms with Gasteiger partial charge in [-0.2, -0.15) is 0 Å². The van der Waals surface area contributed by atoms with E-state index in [0.717, 1.165) is 6.42 Å². The topological polar surface area (TPSA) is 78.9 Å². The maximum atomic E-state index is 12.3. The lowest BCUT2D eigenvalue weighted by molar-refractivity contribution is -0.139. The molecule has 2 N–H and O–H groups in total. The molecule has 1 heterocycles. The molecule has 2 amide bonds. The number of piperidine rings is 1. The summed E-state index contributed by atoms with van der Waals surface area (Å²) >= 11 is 0. The first-order valence-corrected chi connectivity index (χ1v) is 7.15. The van der Waals surface area contributed by atoms with Crippen molar-refractivity contribution in [1.29, 1.82) is 0 Å². The van der Waals surface area contributed by atoms with E-state index < -0.39 is 12.0 Å². The molecule has 6 nitrogen and oxygen atoms in total. The Bertz CT molecular complexity index is 348. The highest BCUT2D eigenvalue weighted by molar-refractivity contribution is 5.82. The summed E-state index contributed by atoms with van der Waals surface area (Å²) in [5.41, 5.74) is 0. The van der Waals surface area contributed by atoms with Crippen molar-refractivity contribution in [3.8, 4) is 0 Å². The zero-order valence-corrected chi connectivity index (χ0v) is 12.8. The van der Waals surface area contributed by atoms with E-state index in [1.165, 1.54) is 7.11 Å². The van der Waals surface area contributed by atoms with Crippen molar-refractivity contribution < 1.29 is 19.4 Å². The van der Waals surface area contributed by atoms with Gasteiger partial charge in [-0.1, -0.05) is 13.8 Å². The van der Waals surface area contributed by atoms with Crippen LogP contribution < -0.4 is 5.32 Å². The molecular weight excluding hydrogens is 260 g/mol. The first-order chi connectivity index (χ1) is 9.36. The van der Waals surface area contributed by atoms with Crippen molar-refractivity contribution in [2.45, 2.75) is 45.7 Å². The molecule has 1 saturated heterocycles. The molecule has 116 valence electrons. The van der Waals surface area contributed by atoms with Gasteiger partial charge in [0.1, 0.15) is 6.04 Å². The molecule has 0 spiro atoms. The van der Waals surface area contributed by atoms with Crippen LogP contribution in [0.1, 0.15) is 33.6 Å². The summed E-state index contributed by atoms with van der Waals surface area (Å²) in [6, 6.07) is -1.07. The lowest BCUT2D eigenvalue weighted by Crippen LogP contribution is -2.55. The maximum absolute atomic E-state index is 12.3. The van der Waals surface area contributed by atoms with Crippen LogP contribution in [0.15, 0.2) is 0 Å². The first-order valence-electron chi connectivity index (χ1n) is 7.15. The van der Waals surface area contributed by atoms with Crippen LogP contribution in [-0.4, -0.2) is 54.4 Å². The van der Waals surface area contributed by atoms with Crippen LogP contribution in [0, 0.1) is 11.8 Å². The van der Waals surface area contributed by atoms with Crippen molar-refractivity contribution in [3.05, 3.63) is 0 Å². The van der Waals surface area contributed by atoms with Crippen LogP contribution in [-0.2, 0) is 9.53 Å². The Hall–Kier alpha value is -1.30. The lowest BCUT2D eigenvalue weighted by Gasteiger charge is -2.41. The highest BCUT2D eigenvalue weighted by atomic mass is 16.5. The molecule has 0 aromatic carbocycles. The van der Waals surface area contributed by atoms with E-state index in [9.17, 15) is 9.59 Å². The third kappa shape index (κ3) is 4.37. The summed E-state index contributed by atoms with van der Waals surface area (Å²) in [5.74, 6) is -0.165. The summed E-state index contributed by atoms with van der Waals surface area (Å²) in [5, 5.41) is 11.7. The van der Waals surface area contributed by atoms with Gasteiger partial charge in [0.25, 0.3) is 0 Å². The zero-order chi connectivity index (χ0) is 15.3. The number of amides is 2. The number of carbonyl (C=O) groups is 2. The summed E-state index contributed by atoms with van der Waals surface area (Å²) in [6.07, 6.45) is 1.36. The molecule has 1 rings (SSSR count). The number of carboxylic acids is 1. The fourth-order valence-corrected chi connectivity index (χ4v) is 2.71. The largest absolute Gasteiger partial charge is 0.480 e. The molecule has 20 heavy (non-hydrogen) atoms. The second kappa shape index (κ2) is 7.47. The number of nitrogens with zero attached hydrogens (tertiary/aromatic N) is 1. The molecule has 4 unspecified atom stereocenters. The molecule has 0 aromatic rings. The van der Waals surface area contributed by atoms with Gasteiger partial charge < -0.3 is 20.1 Å². The molecule has 0 radical (unpaired) electrons. The van der Waals surface area contributed by atoms with Gasteiger partial charge in [-0.25, -0.2) is 9.59 Å². The van der Waals surface area contributed by atoms with Gasteiger partial charge in [0.2, 0.25) is 0 Å². The molecule has 4 atom stereocenters. The minimum absolute atomic E-state index is 0.128. The summed E-state index contributed by atoms with van der Waals surface area (Å²) in [6.45, 7) is 7.23. The number of hydrogen-bond donors (Lipinski definition) is 2. The summed E-state index contributed by atoms with van der Waals surface area (Å²) in [7, 11) is 1.51. The molecule has 1 fully saturated rings. The van der Waals surface area contributed by atoms with E-state index in [-0.39, 0.29) is 18.5 Å². The minimum atomic E-state index is -1.03. The lowest BCUT2D eigenvalue weighted by atomic mass is 9.86. The molecule has 1 aliphatic heterocycles. The smallest absolute Gasteiger partial charge is 0.326 e. The van der Waals surface area contributed by atoms with E-state index in [4.69, 9.17) is 9.84 Å². The van der Waals surface area contributed by atoms with Crippen molar-refractivity contribution in [1.82, 2.24) is 10.2 Å². The Morgan fingerprint density at radius 2 is 2.05 bits per heavy atom. The highest BCUT2D eigenvalue weighted by Crippen LogP contribution is 2.26. The molecular formula is C14H26N2O4. The normalized spacial score (nSPS) is 28.0. The fraction of sp³-hybridized carbons (Fsp3) is 0.857. The number of hydrogen-bond acceptors (Lipinski definition) is 3. The Morgan fingerprint density at radius 1 is 1.40 bits per heavy atom. The van der Waals surface area contributed by atoms with Crippen LogP contribution in [0.3, 0.4) is 0 Å². The van der Waals surface area contributed by atoms with E-state index in [1.807, 2.05) is 6.92 Å². The van der Waals surface area contributed by atoms with E-state index in [2.05, 4.69) is 19.2 Å². The number of likely N-dealkylation sites (tertiary alicyclic amines) is 1. The predicted octanol–water partition coefficient (Wildman–Crippen LogP) is 1.55. The Labute approximate surface area is 120 Å². The van der Waals surface area contributed by atoms with Gasteiger partial charge in [0.05, 0.1) is 0 Å². The number of rotatable bonds is 5. The van der Waals surface area contributed by atoms with Crippen molar-refractivity contribution in [2.75, 3.05) is 20.3 Å². The molecule has 6 heteroatoms. The second-order valence-corrected chi connectivity index (χ2v) is 5.83. The average Bonchev–Trinajstić information content (AvgIpc) is 2.38. The van der Waals surface area contributed by atoms with Crippen molar-refractivity contribution in [3.63, 3.8) is 0 Å².